The van der Waals surface area contributed by atoms with Crippen molar-refractivity contribution in [2.24, 2.45) is 0 Å². The number of fused-ring (bicyclic) bond motifs is 1. The van der Waals surface area contributed by atoms with Crippen LogP contribution in [0.5, 0.6) is 0 Å². The molecule has 1 aliphatic carbocycles. The lowest BCUT2D eigenvalue weighted by Gasteiger charge is -2.22. The molecule has 29 heavy (non-hydrogen) atoms. The summed E-state index contributed by atoms with van der Waals surface area (Å²) >= 11 is 2.93. The molecule has 0 saturated carbocycles. The molecule has 0 bridgehead atoms. The number of ether oxygens (including phenoxy) is 2. The quantitative estimate of drug-likeness (QED) is 0.516. The minimum atomic E-state index is -0.473. The predicted octanol–water partition coefficient (Wildman–Crippen LogP) is 3.56. The molecule has 2 N–H and O–H groups in total. The molecule has 2 aromatic rings. The fourth-order valence-corrected chi connectivity index (χ4v) is 4.90. The van der Waals surface area contributed by atoms with E-state index in [2.05, 4.69) is 16.7 Å². The van der Waals surface area contributed by atoms with Crippen LogP contribution in [0.1, 0.15) is 28.0 Å². The van der Waals surface area contributed by atoms with E-state index in [0.717, 1.165) is 16.0 Å². The average Bonchev–Trinajstić information content (AvgIpc) is 3.33. The van der Waals surface area contributed by atoms with Crippen LogP contribution in [0.3, 0.4) is 0 Å². The number of nitrogens with one attached hydrogen (secondary N) is 2. The minimum Gasteiger partial charge on any atom is -0.446 e. The van der Waals surface area contributed by atoms with Crippen molar-refractivity contribution < 1.29 is 19.1 Å². The van der Waals surface area contributed by atoms with Gasteiger partial charge in [-0.25, -0.2) is 4.79 Å². The lowest BCUT2D eigenvalue weighted by Crippen LogP contribution is -2.33. The summed E-state index contributed by atoms with van der Waals surface area (Å²) < 4.78 is 10.3. The first-order chi connectivity index (χ1) is 14.1. The Hall–Kier alpha value is -2.67. The van der Waals surface area contributed by atoms with Gasteiger partial charge in [-0.2, -0.15) is 16.6 Å². The summed E-state index contributed by atoms with van der Waals surface area (Å²) in [6.07, 6.45) is 4.27. The summed E-state index contributed by atoms with van der Waals surface area (Å²) in [5, 5.41) is 19.4. The van der Waals surface area contributed by atoms with Crippen molar-refractivity contribution in [1.29, 1.82) is 5.26 Å². The van der Waals surface area contributed by atoms with Crippen molar-refractivity contribution in [3.8, 4) is 6.07 Å². The predicted molar refractivity (Wildman–Crippen MR) is 113 cm³/mol. The first-order valence-corrected chi connectivity index (χ1v) is 10.9. The molecule has 1 atom stereocenters. The van der Waals surface area contributed by atoms with Crippen molar-refractivity contribution >= 4 is 45.8 Å². The van der Waals surface area contributed by atoms with Crippen molar-refractivity contribution in [3.05, 3.63) is 44.5 Å². The van der Waals surface area contributed by atoms with Crippen LogP contribution in [-0.4, -0.2) is 38.4 Å². The second-order valence-corrected chi connectivity index (χ2v) is 8.27. The van der Waals surface area contributed by atoms with Crippen LogP contribution in [0.2, 0.25) is 0 Å². The number of thiophene rings is 2. The normalized spacial score (nSPS) is 15.5. The number of rotatable bonds is 7. The number of alkyl carbamates (subject to hydrolysis) is 1. The zero-order valence-electron chi connectivity index (χ0n) is 15.9. The molecule has 2 heterocycles. The lowest BCUT2D eigenvalue weighted by atomic mass is 9.94. The van der Waals surface area contributed by atoms with E-state index in [1.165, 1.54) is 17.4 Å². The number of nitriles is 1. The van der Waals surface area contributed by atoms with Crippen molar-refractivity contribution in [1.82, 2.24) is 5.32 Å². The lowest BCUT2D eigenvalue weighted by molar-refractivity contribution is -0.111. The number of methoxy groups -OCH3 is 1. The van der Waals surface area contributed by atoms with Gasteiger partial charge in [-0.1, -0.05) is 0 Å². The van der Waals surface area contributed by atoms with Gasteiger partial charge >= 0.3 is 6.09 Å². The van der Waals surface area contributed by atoms with Crippen LogP contribution in [0, 0.1) is 11.3 Å². The van der Waals surface area contributed by atoms with Crippen LogP contribution >= 0.6 is 22.7 Å². The van der Waals surface area contributed by atoms with Crippen LogP contribution < -0.4 is 10.6 Å². The third-order valence-corrected chi connectivity index (χ3v) is 6.26. The monoisotopic (exact) mass is 431 g/mol. The number of anilines is 1. The SMILES string of the molecule is COCCNC(=O)OC1CCc2c(sc(NC(=O)C=Cc3ccsc3)c2C#N)C1. The molecular formula is C20H21N3O4S2. The molecule has 7 nitrogen and oxygen atoms in total. The smallest absolute Gasteiger partial charge is 0.407 e. The van der Waals surface area contributed by atoms with Gasteiger partial charge in [0.15, 0.2) is 0 Å². The summed E-state index contributed by atoms with van der Waals surface area (Å²) in [5.41, 5.74) is 2.40. The molecule has 0 aromatic carbocycles. The second kappa shape index (κ2) is 10.2. The van der Waals surface area contributed by atoms with Gasteiger partial charge in [-0.3, -0.25) is 4.79 Å². The van der Waals surface area contributed by atoms with Gasteiger partial charge in [-0.05, 0) is 46.9 Å². The molecule has 1 aliphatic rings. The van der Waals surface area contributed by atoms with Gasteiger partial charge in [0.2, 0.25) is 5.91 Å². The maximum atomic E-state index is 12.2. The Morgan fingerprint density at radius 3 is 3.03 bits per heavy atom. The number of carbonyl (C=O) groups is 2. The highest BCUT2D eigenvalue weighted by atomic mass is 32.1. The number of nitrogens with zero attached hydrogens (tertiary/aromatic N) is 1. The highest BCUT2D eigenvalue weighted by Gasteiger charge is 2.28. The Morgan fingerprint density at radius 1 is 1.45 bits per heavy atom. The summed E-state index contributed by atoms with van der Waals surface area (Å²) in [7, 11) is 1.56. The first kappa shape index (κ1) is 21.0. The fraction of sp³-hybridized carbons (Fsp3) is 0.350. The van der Waals surface area contributed by atoms with Crippen LogP contribution in [0.15, 0.2) is 22.9 Å². The van der Waals surface area contributed by atoms with Crippen molar-refractivity contribution in [3.63, 3.8) is 0 Å². The number of carbonyl (C=O) groups excluding carboxylic acids is 2. The van der Waals surface area contributed by atoms with Crippen LogP contribution in [0.25, 0.3) is 6.08 Å². The first-order valence-electron chi connectivity index (χ1n) is 9.10. The van der Waals surface area contributed by atoms with Gasteiger partial charge in [-0.15, -0.1) is 11.3 Å². The molecule has 0 fully saturated rings. The number of amides is 2. The molecule has 152 valence electrons. The third kappa shape index (κ3) is 5.67. The molecule has 2 amide bonds. The number of hydrogen-bond acceptors (Lipinski definition) is 7. The molecule has 3 rings (SSSR count). The Morgan fingerprint density at radius 2 is 2.31 bits per heavy atom. The summed E-state index contributed by atoms with van der Waals surface area (Å²) in [6, 6.07) is 4.13. The fourth-order valence-electron chi connectivity index (χ4n) is 3.01. The minimum absolute atomic E-state index is 0.253. The topological polar surface area (TPSA) is 100 Å². The summed E-state index contributed by atoms with van der Waals surface area (Å²) in [4.78, 5) is 25.0. The van der Waals surface area contributed by atoms with Crippen molar-refractivity contribution in [2.75, 3.05) is 25.6 Å². The van der Waals surface area contributed by atoms with Crippen LogP contribution in [0.4, 0.5) is 9.80 Å². The van der Waals surface area contributed by atoms with Gasteiger partial charge in [0, 0.05) is 31.0 Å². The van der Waals surface area contributed by atoms with E-state index in [9.17, 15) is 14.9 Å². The maximum absolute atomic E-state index is 12.2. The zero-order chi connectivity index (χ0) is 20.6. The molecule has 9 heteroatoms. The molecule has 0 aliphatic heterocycles. The van der Waals surface area contributed by atoms with E-state index >= 15 is 0 Å². The van der Waals surface area contributed by atoms with E-state index in [-0.39, 0.29) is 12.0 Å². The van der Waals surface area contributed by atoms with E-state index in [1.54, 1.807) is 24.5 Å². The largest absolute Gasteiger partial charge is 0.446 e. The summed E-state index contributed by atoms with van der Waals surface area (Å²) in [5.74, 6) is -0.281. The van der Waals surface area contributed by atoms with E-state index in [0.29, 0.717) is 43.0 Å². The molecule has 1 unspecified atom stereocenters. The molecule has 0 radical (unpaired) electrons. The molecule has 2 aromatic heterocycles. The highest BCUT2D eigenvalue weighted by molar-refractivity contribution is 7.16. The molecule has 0 spiro atoms. The number of hydrogen-bond donors (Lipinski definition) is 2. The van der Waals surface area contributed by atoms with E-state index in [4.69, 9.17) is 9.47 Å². The van der Waals surface area contributed by atoms with E-state index < -0.39 is 6.09 Å². The van der Waals surface area contributed by atoms with Gasteiger partial charge in [0.05, 0.1) is 12.2 Å². The third-order valence-electron chi connectivity index (χ3n) is 4.39. The van der Waals surface area contributed by atoms with E-state index in [1.807, 2.05) is 16.8 Å². The average molecular weight is 432 g/mol. The second-order valence-electron chi connectivity index (χ2n) is 6.39. The Balaban J connectivity index is 1.63. The maximum Gasteiger partial charge on any atom is 0.407 e. The highest BCUT2D eigenvalue weighted by Crippen LogP contribution is 2.38. The molecule has 0 saturated heterocycles. The summed E-state index contributed by atoms with van der Waals surface area (Å²) in [6.45, 7) is 0.810. The van der Waals surface area contributed by atoms with Crippen LogP contribution in [-0.2, 0) is 27.1 Å². The van der Waals surface area contributed by atoms with Gasteiger partial charge < -0.3 is 20.1 Å². The van der Waals surface area contributed by atoms with Crippen molar-refractivity contribution in [2.45, 2.75) is 25.4 Å². The molecular weight excluding hydrogens is 410 g/mol. The Bertz CT molecular complexity index is 928. The zero-order valence-corrected chi connectivity index (χ0v) is 17.5. The van der Waals surface area contributed by atoms with Gasteiger partial charge in [0.1, 0.15) is 17.2 Å². The standard InChI is InChI=1S/C20H21N3O4S2/c1-26-8-7-22-20(25)27-14-3-4-15-16(11-21)19(29-17(15)10-14)23-18(24)5-2-13-6-9-28-12-13/h2,5-6,9,12,14H,3-4,7-8,10H2,1H3,(H,22,25)(H,23,24). The van der Waals surface area contributed by atoms with Gasteiger partial charge in [0.25, 0.3) is 0 Å². The Labute approximate surface area is 176 Å². The Kier molecular flexibility index (Phi) is 7.41.